The molecule has 0 aliphatic carbocycles. The fourth-order valence-electron chi connectivity index (χ4n) is 5.48. The molecular weight excluding hydrogens is 509 g/mol. The molecule has 6 aromatic carbocycles. The first-order chi connectivity index (χ1) is 19.7. The van der Waals surface area contributed by atoms with Crippen molar-refractivity contribution in [2.24, 2.45) is 0 Å². The maximum absolute atomic E-state index is 15.3. The molecule has 1 aliphatic heterocycles. The Morgan fingerprint density at radius 2 is 1.05 bits per heavy atom. The van der Waals surface area contributed by atoms with Gasteiger partial charge in [0, 0.05) is 21.6 Å². The summed E-state index contributed by atoms with van der Waals surface area (Å²) in [4.78, 5) is 2.22. The molecule has 0 unspecified atom stereocenters. The van der Waals surface area contributed by atoms with Gasteiger partial charge >= 0.3 is 0 Å². The Hall–Kier alpha value is -4.85. The van der Waals surface area contributed by atoms with E-state index in [2.05, 4.69) is 47.4 Å². The minimum absolute atomic E-state index is 0.754. The Morgan fingerprint density at radius 1 is 0.500 bits per heavy atom. The van der Waals surface area contributed by atoms with Crippen molar-refractivity contribution in [3.05, 3.63) is 158 Å². The summed E-state index contributed by atoms with van der Waals surface area (Å²) in [6, 6.07) is 52.3. The fourth-order valence-corrected chi connectivity index (χ4v) is 8.35. The van der Waals surface area contributed by atoms with Gasteiger partial charge in [0.25, 0.3) is 0 Å². The molecule has 0 atom stereocenters. The molecule has 192 valence electrons. The third-order valence-corrected chi connectivity index (χ3v) is 10.5. The SMILES string of the molecule is O=P(c1ccccc1)(c1ccccc1)c1ccccc1-c1ccc2c(c1)Oc1ccccc1N2c1ccccc1. The maximum Gasteiger partial charge on any atom is 0.171 e. The van der Waals surface area contributed by atoms with Gasteiger partial charge in [-0.3, -0.25) is 0 Å². The summed E-state index contributed by atoms with van der Waals surface area (Å²) in [5, 5.41) is 2.43. The van der Waals surface area contributed by atoms with Crippen molar-refractivity contribution >= 4 is 40.1 Å². The monoisotopic (exact) mass is 535 g/mol. The van der Waals surface area contributed by atoms with E-state index in [0.29, 0.717) is 0 Å². The summed E-state index contributed by atoms with van der Waals surface area (Å²) in [5.41, 5.74) is 4.89. The van der Waals surface area contributed by atoms with Crippen LogP contribution in [0, 0.1) is 0 Å². The van der Waals surface area contributed by atoms with Crippen LogP contribution in [0.4, 0.5) is 17.1 Å². The van der Waals surface area contributed by atoms with Crippen LogP contribution in [0.3, 0.4) is 0 Å². The molecule has 3 nitrogen and oxygen atoms in total. The molecule has 0 saturated heterocycles. The number of hydrogen-bond donors (Lipinski definition) is 0. The Labute approximate surface area is 234 Å². The molecule has 1 aliphatic rings. The Morgan fingerprint density at radius 3 is 1.75 bits per heavy atom. The van der Waals surface area contributed by atoms with Crippen molar-refractivity contribution in [1.82, 2.24) is 0 Å². The van der Waals surface area contributed by atoms with Crippen LogP contribution < -0.4 is 25.6 Å². The molecule has 1 heterocycles. The van der Waals surface area contributed by atoms with Crippen LogP contribution in [-0.4, -0.2) is 0 Å². The van der Waals surface area contributed by atoms with Gasteiger partial charge in [0.2, 0.25) is 0 Å². The largest absolute Gasteiger partial charge is 0.453 e. The van der Waals surface area contributed by atoms with E-state index in [0.717, 1.165) is 55.6 Å². The molecule has 6 aromatic rings. The van der Waals surface area contributed by atoms with Gasteiger partial charge in [-0.1, -0.05) is 121 Å². The lowest BCUT2D eigenvalue weighted by molar-refractivity contribution is 0.477. The number of rotatable bonds is 5. The number of nitrogens with zero attached hydrogens (tertiary/aromatic N) is 1. The number of ether oxygens (including phenoxy) is 1. The zero-order valence-electron chi connectivity index (χ0n) is 21.7. The smallest absolute Gasteiger partial charge is 0.171 e. The summed E-state index contributed by atoms with van der Waals surface area (Å²) in [6.07, 6.45) is 0. The first-order valence-corrected chi connectivity index (χ1v) is 15.0. The molecule has 0 bridgehead atoms. The lowest BCUT2D eigenvalue weighted by Gasteiger charge is -2.33. The van der Waals surface area contributed by atoms with Crippen LogP contribution in [0.25, 0.3) is 11.1 Å². The van der Waals surface area contributed by atoms with Crippen molar-refractivity contribution in [3.8, 4) is 22.6 Å². The molecule has 0 amide bonds. The van der Waals surface area contributed by atoms with Crippen LogP contribution in [0.1, 0.15) is 0 Å². The number of para-hydroxylation sites is 3. The topological polar surface area (TPSA) is 29.5 Å². The van der Waals surface area contributed by atoms with E-state index in [1.54, 1.807) is 0 Å². The second-order valence-electron chi connectivity index (χ2n) is 9.72. The predicted octanol–water partition coefficient (Wildman–Crippen LogP) is 8.57. The number of anilines is 3. The highest BCUT2D eigenvalue weighted by Gasteiger charge is 2.33. The van der Waals surface area contributed by atoms with Gasteiger partial charge in [0.1, 0.15) is 0 Å². The number of hydrogen-bond acceptors (Lipinski definition) is 3. The van der Waals surface area contributed by atoms with Gasteiger partial charge in [0.15, 0.2) is 18.6 Å². The molecule has 0 aromatic heterocycles. The molecule has 0 spiro atoms. The van der Waals surface area contributed by atoms with E-state index in [1.807, 2.05) is 115 Å². The highest BCUT2D eigenvalue weighted by molar-refractivity contribution is 7.85. The van der Waals surface area contributed by atoms with Gasteiger partial charge in [-0.15, -0.1) is 0 Å². The lowest BCUT2D eigenvalue weighted by Crippen LogP contribution is -2.26. The summed E-state index contributed by atoms with van der Waals surface area (Å²) in [5.74, 6) is 1.55. The lowest BCUT2D eigenvalue weighted by atomic mass is 10.0. The number of fused-ring (bicyclic) bond motifs is 2. The first kappa shape index (κ1) is 24.2. The van der Waals surface area contributed by atoms with E-state index in [4.69, 9.17) is 4.74 Å². The minimum Gasteiger partial charge on any atom is -0.453 e. The molecule has 0 radical (unpaired) electrons. The first-order valence-electron chi connectivity index (χ1n) is 13.3. The van der Waals surface area contributed by atoms with Crippen molar-refractivity contribution < 1.29 is 9.30 Å². The van der Waals surface area contributed by atoms with Crippen molar-refractivity contribution in [2.45, 2.75) is 0 Å². The number of benzene rings is 6. The van der Waals surface area contributed by atoms with E-state index in [-0.39, 0.29) is 0 Å². The normalized spacial score (nSPS) is 12.2. The molecular formula is C36H26NO2P. The van der Waals surface area contributed by atoms with Crippen LogP contribution in [0.5, 0.6) is 11.5 Å². The van der Waals surface area contributed by atoms with Gasteiger partial charge in [0.05, 0.1) is 11.4 Å². The maximum atomic E-state index is 15.3. The predicted molar refractivity (Wildman–Crippen MR) is 166 cm³/mol. The fraction of sp³-hybridized carbons (Fsp3) is 0. The third-order valence-electron chi connectivity index (χ3n) is 7.34. The zero-order valence-corrected chi connectivity index (χ0v) is 22.6. The van der Waals surface area contributed by atoms with Crippen molar-refractivity contribution in [1.29, 1.82) is 0 Å². The van der Waals surface area contributed by atoms with E-state index < -0.39 is 7.14 Å². The zero-order chi connectivity index (χ0) is 26.9. The molecule has 0 saturated carbocycles. The van der Waals surface area contributed by atoms with Gasteiger partial charge in [-0.25, -0.2) is 0 Å². The van der Waals surface area contributed by atoms with E-state index in [1.165, 1.54) is 0 Å². The molecule has 0 N–H and O–H groups in total. The molecule has 0 fully saturated rings. The molecule has 7 rings (SSSR count). The summed E-state index contributed by atoms with van der Waals surface area (Å²) in [7, 11) is -3.17. The highest BCUT2D eigenvalue weighted by atomic mass is 31.2. The summed E-state index contributed by atoms with van der Waals surface area (Å²) in [6.45, 7) is 0. The minimum atomic E-state index is -3.17. The second kappa shape index (κ2) is 10.0. The van der Waals surface area contributed by atoms with Crippen molar-refractivity contribution in [3.63, 3.8) is 0 Å². The highest BCUT2D eigenvalue weighted by Crippen LogP contribution is 2.52. The quantitative estimate of drug-likeness (QED) is 0.207. The Bertz CT molecular complexity index is 1810. The van der Waals surface area contributed by atoms with Crippen LogP contribution in [0.15, 0.2) is 158 Å². The summed E-state index contributed by atoms with van der Waals surface area (Å²) < 4.78 is 21.7. The Kier molecular flexibility index (Phi) is 6.07. The molecule has 40 heavy (non-hydrogen) atoms. The average molecular weight is 536 g/mol. The van der Waals surface area contributed by atoms with Crippen LogP contribution in [-0.2, 0) is 4.57 Å². The van der Waals surface area contributed by atoms with E-state index >= 15 is 4.57 Å². The van der Waals surface area contributed by atoms with E-state index in [9.17, 15) is 0 Å². The van der Waals surface area contributed by atoms with Crippen molar-refractivity contribution in [2.75, 3.05) is 4.90 Å². The average Bonchev–Trinajstić information content (AvgIpc) is 3.04. The second-order valence-corrected chi connectivity index (χ2v) is 12.5. The Balaban J connectivity index is 1.41. The van der Waals surface area contributed by atoms with Gasteiger partial charge in [-0.2, -0.15) is 0 Å². The van der Waals surface area contributed by atoms with Crippen LogP contribution >= 0.6 is 7.14 Å². The standard InChI is InChI=1S/C36H26NO2P/c38-40(29-16-6-2-7-17-29,30-18-8-3-9-19-30)36-23-13-10-20-31(36)27-24-25-33-35(26-27)39-34-22-12-11-21-32(34)37(33)28-14-4-1-5-15-28/h1-26H. The van der Waals surface area contributed by atoms with Crippen LogP contribution in [0.2, 0.25) is 0 Å². The molecule has 4 heteroatoms. The third kappa shape index (κ3) is 4.04. The van der Waals surface area contributed by atoms with Gasteiger partial charge in [-0.05, 0) is 47.5 Å². The van der Waals surface area contributed by atoms with Gasteiger partial charge < -0.3 is 14.2 Å². The summed E-state index contributed by atoms with van der Waals surface area (Å²) >= 11 is 0.